The molecule has 0 saturated carbocycles. The number of rotatable bonds is 4. The van der Waals surface area contributed by atoms with Gasteiger partial charge in [0.1, 0.15) is 23.7 Å². The molecule has 1 aromatic heterocycles. The Hall–Kier alpha value is -2.90. The van der Waals surface area contributed by atoms with E-state index in [1.807, 2.05) is 4.90 Å². The lowest BCUT2D eigenvalue weighted by Crippen LogP contribution is -2.49. The molecule has 0 N–H and O–H groups in total. The maximum absolute atomic E-state index is 13.2. The molecular weight excluding hydrogens is 430 g/mol. The second-order valence-corrected chi connectivity index (χ2v) is 7.46. The van der Waals surface area contributed by atoms with Crippen LogP contribution in [-0.2, 0) is 0 Å². The number of hydrogen-bond acceptors (Lipinski definition) is 5. The maximum atomic E-state index is 13.2. The highest BCUT2D eigenvalue weighted by atomic mass is 35.5. The summed E-state index contributed by atoms with van der Waals surface area (Å²) < 4.78 is 18.9. The van der Waals surface area contributed by atoms with Gasteiger partial charge in [-0.2, -0.15) is 0 Å². The van der Waals surface area contributed by atoms with Crippen LogP contribution in [0.3, 0.4) is 0 Å². The lowest BCUT2D eigenvalue weighted by Gasteiger charge is -2.35. The van der Waals surface area contributed by atoms with Gasteiger partial charge in [-0.25, -0.2) is 14.4 Å². The second-order valence-electron chi connectivity index (χ2n) is 6.65. The molecule has 4 rings (SSSR count). The molecule has 3 aromatic rings. The molecule has 0 bridgehead atoms. The third kappa shape index (κ3) is 4.47. The number of carbonyl (C=O) groups is 1. The molecule has 30 heavy (non-hydrogen) atoms. The minimum Gasteiger partial charge on any atom is -0.437 e. The van der Waals surface area contributed by atoms with E-state index in [-0.39, 0.29) is 10.9 Å². The molecule has 2 heterocycles. The lowest BCUT2D eigenvalue weighted by atomic mass is 10.2. The molecule has 1 amide bonds. The predicted octanol–water partition coefficient (Wildman–Crippen LogP) is 4.68. The van der Waals surface area contributed by atoms with Crippen molar-refractivity contribution in [2.75, 3.05) is 31.1 Å². The van der Waals surface area contributed by atoms with Gasteiger partial charge < -0.3 is 14.5 Å². The number of ether oxygens (including phenoxy) is 1. The molecule has 1 fully saturated rings. The van der Waals surface area contributed by atoms with Crippen molar-refractivity contribution in [1.82, 2.24) is 14.9 Å². The molecule has 1 saturated heterocycles. The molecule has 2 aromatic carbocycles. The van der Waals surface area contributed by atoms with Crippen LogP contribution in [-0.4, -0.2) is 47.0 Å². The number of aromatic nitrogens is 2. The van der Waals surface area contributed by atoms with Gasteiger partial charge in [-0.05, 0) is 30.3 Å². The van der Waals surface area contributed by atoms with Crippen LogP contribution in [0.2, 0.25) is 10.0 Å². The van der Waals surface area contributed by atoms with Crippen molar-refractivity contribution in [2.24, 2.45) is 0 Å². The summed E-state index contributed by atoms with van der Waals surface area (Å²) >= 11 is 12.2. The molecule has 0 radical (unpaired) electrons. The van der Waals surface area contributed by atoms with Gasteiger partial charge in [0.15, 0.2) is 0 Å². The molecule has 9 heteroatoms. The first-order valence-corrected chi connectivity index (χ1v) is 10.0. The third-order valence-electron chi connectivity index (χ3n) is 4.73. The van der Waals surface area contributed by atoms with Gasteiger partial charge in [0, 0.05) is 32.2 Å². The Bertz CT molecular complexity index is 1070. The molecular formula is C21H17Cl2FN4O2. The highest BCUT2D eigenvalue weighted by Crippen LogP contribution is 2.30. The quantitative estimate of drug-likeness (QED) is 0.582. The number of anilines is 1. The van der Waals surface area contributed by atoms with E-state index in [0.717, 1.165) is 0 Å². The highest BCUT2D eigenvalue weighted by Gasteiger charge is 2.24. The number of benzene rings is 2. The minimum absolute atomic E-state index is 0.0853. The standard InChI is InChI=1S/C21H17Cl2FN4O2/c22-16-4-2-1-3-15(16)21(29)28-9-7-27(8-10-28)19-12-20(26-13-25-19)30-18-6-5-14(24)11-17(18)23/h1-6,11-13H,7-10H2. The highest BCUT2D eigenvalue weighted by molar-refractivity contribution is 6.33. The Morgan fingerprint density at radius 3 is 2.47 bits per heavy atom. The second kappa shape index (κ2) is 8.85. The van der Waals surface area contributed by atoms with E-state index in [2.05, 4.69) is 9.97 Å². The Morgan fingerprint density at radius 2 is 1.73 bits per heavy atom. The zero-order chi connectivity index (χ0) is 21.1. The first kappa shape index (κ1) is 20.4. The summed E-state index contributed by atoms with van der Waals surface area (Å²) in [5, 5.41) is 0.601. The topological polar surface area (TPSA) is 58.6 Å². The van der Waals surface area contributed by atoms with E-state index in [1.165, 1.54) is 24.5 Å². The Balaban J connectivity index is 1.42. The van der Waals surface area contributed by atoms with Crippen molar-refractivity contribution in [3.63, 3.8) is 0 Å². The zero-order valence-corrected chi connectivity index (χ0v) is 17.3. The summed E-state index contributed by atoms with van der Waals surface area (Å²) in [7, 11) is 0. The Kier molecular flexibility index (Phi) is 6.01. The summed E-state index contributed by atoms with van der Waals surface area (Å²) in [6.45, 7) is 2.27. The van der Waals surface area contributed by atoms with Crippen molar-refractivity contribution >= 4 is 34.9 Å². The summed E-state index contributed by atoms with van der Waals surface area (Å²) in [5.74, 6) is 0.738. The number of piperazine rings is 1. The molecule has 1 aliphatic rings. The van der Waals surface area contributed by atoms with Gasteiger partial charge in [-0.15, -0.1) is 0 Å². The van der Waals surface area contributed by atoms with Crippen molar-refractivity contribution < 1.29 is 13.9 Å². The van der Waals surface area contributed by atoms with Crippen LogP contribution in [0.5, 0.6) is 11.6 Å². The lowest BCUT2D eigenvalue weighted by molar-refractivity contribution is 0.0746. The number of nitrogens with zero attached hydrogens (tertiary/aromatic N) is 4. The van der Waals surface area contributed by atoms with E-state index >= 15 is 0 Å². The summed E-state index contributed by atoms with van der Waals surface area (Å²) in [6.07, 6.45) is 1.39. The van der Waals surface area contributed by atoms with Crippen molar-refractivity contribution in [3.05, 3.63) is 76.3 Å². The maximum Gasteiger partial charge on any atom is 0.255 e. The van der Waals surface area contributed by atoms with Crippen molar-refractivity contribution in [3.8, 4) is 11.6 Å². The Morgan fingerprint density at radius 1 is 0.967 bits per heavy atom. The van der Waals surface area contributed by atoms with Crippen LogP contribution in [0.15, 0.2) is 54.9 Å². The third-order valence-corrected chi connectivity index (χ3v) is 5.36. The molecule has 0 unspecified atom stereocenters. The summed E-state index contributed by atoms with van der Waals surface area (Å²) in [4.78, 5) is 24.9. The van der Waals surface area contributed by atoms with Crippen LogP contribution >= 0.6 is 23.2 Å². The van der Waals surface area contributed by atoms with Crippen LogP contribution in [0.25, 0.3) is 0 Å². The average Bonchev–Trinajstić information content (AvgIpc) is 2.76. The fourth-order valence-electron chi connectivity index (χ4n) is 3.17. The van der Waals surface area contributed by atoms with Gasteiger partial charge in [-0.1, -0.05) is 35.3 Å². The van der Waals surface area contributed by atoms with E-state index < -0.39 is 5.82 Å². The van der Waals surface area contributed by atoms with E-state index in [4.69, 9.17) is 27.9 Å². The number of halogens is 3. The van der Waals surface area contributed by atoms with Crippen LogP contribution in [0.1, 0.15) is 10.4 Å². The monoisotopic (exact) mass is 446 g/mol. The van der Waals surface area contributed by atoms with Gasteiger partial charge in [0.05, 0.1) is 15.6 Å². The van der Waals surface area contributed by atoms with Crippen LogP contribution in [0.4, 0.5) is 10.2 Å². The van der Waals surface area contributed by atoms with Gasteiger partial charge in [0.25, 0.3) is 5.91 Å². The van der Waals surface area contributed by atoms with E-state index in [0.29, 0.717) is 54.2 Å². The summed E-state index contributed by atoms with van der Waals surface area (Å²) in [5.41, 5.74) is 0.501. The van der Waals surface area contributed by atoms with Gasteiger partial charge in [0.2, 0.25) is 5.88 Å². The van der Waals surface area contributed by atoms with Gasteiger partial charge in [-0.3, -0.25) is 4.79 Å². The predicted molar refractivity (Wildman–Crippen MR) is 113 cm³/mol. The largest absolute Gasteiger partial charge is 0.437 e. The van der Waals surface area contributed by atoms with Crippen LogP contribution < -0.4 is 9.64 Å². The minimum atomic E-state index is -0.445. The Labute approximate surface area is 182 Å². The molecule has 6 nitrogen and oxygen atoms in total. The van der Waals surface area contributed by atoms with E-state index in [9.17, 15) is 9.18 Å². The first-order chi connectivity index (χ1) is 14.5. The fraction of sp³-hybridized carbons (Fsp3) is 0.190. The molecule has 154 valence electrons. The fourth-order valence-corrected chi connectivity index (χ4v) is 3.60. The number of hydrogen-bond donors (Lipinski definition) is 0. The van der Waals surface area contributed by atoms with Gasteiger partial charge >= 0.3 is 0 Å². The smallest absolute Gasteiger partial charge is 0.255 e. The molecule has 0 aliphatic carbocycles. The SMILES string of the molecule is O=C(c1ccccc1Cl)N1CCN(c2cc(Oc3ccc(F)cc3Cl)ncn2)CC1. The average molecular weight is 447 g/mol. The zero-order valence-electron chi connectivity index (χ0n) is 15.8. The van der Waals surface area contributed by atoms with Crippen LogP contribution in [0, 0.1) is 5.82 Å². The number of amides is 1. The normalized spacial score (nSPS) is 14.0. The number of carbonyl (C=O) groups excluding carboxylic acids is 1. The first-order valence-electron chi connectivity index (χ1n) is 9.25. The van der Waals surface area contributed by atoms with Crippen molar-refractivity contribution in [1.29, 1.82) is 0 Å². The molecule has 0 atom stereocenters. The van der Waals surface area contributed by atoms with E-state index in [1.54, 1.807) is 35.2 Å². The molecule has 0 spiro atoms. The summed E-state index contributed by atoms with van der Waals surface area (Å²) in [6, 6.07) is 12.6. The molecule has 1 aliphatic heterocycles. The van der Waals surface area contributed by atoms with Crippen molar-refractivity contribution in [2.45, 2.75) is 0 Å².